The van der Waals surface area contributed by atoms with Crippen molar-refractivity contribution >= 4 is 5.78 Å². The summed E-state index contributed by atoms with van der Waals surface area (Å²) in [5.41, 5.74) is 0. The van der Waals surface area contributed by atoms with Gasteiger partial charge >= 0.3 is 0 Å². The maximum Gasteiger partial charge on any atom is 0.149 e. The molecular weight excluding hydrogens is 166 g/mol. The topological polar surface area (TPSA) is 29.5 Å². The Balaban J connectivity index is 2.46. The highest BCUT2D eigenvalue weighted by molar-refractivity contribution is 5.84. The van der Waals surface area contributed by atoms with E-state index >= 15 is 0 Å². The van der Waals surface area contributed by atoms with Crippen molar-refractivity contribution in [3.63, 3.8) is 0 Å². The van der Waals surface area contributed by atoms with Crippen LogP contribution in [0.3, 0.4) is 0 Å². The van der Waals surface area contributed by atoms with E-state index < -0.39 is 0 Å². The van der Waals surface area contributed by atoms with Crippen LogP contribution in [-0.2, 0) is 9.53 Å². The van der Waals surface area contributed by atoms with Crippen LogP contribution >= 0.6 is 0 Å². The number of carbonyl (C=O) groups is 1. The van der Waals surface area contributed by atoms with E-state index in [0.717, 1.165) is 19.6 Å². The molecule has 0 spiro atoms. The number of hydrogen-bond donors (Lipinski definition) is 0. The fraction of sp³-hybridized carbons (Fsp3) is 0.900. The third-order valence-electron chi connectivity index (χ3n) is 2.63. The molecule has 1 aliphatic heterocycles. The van der Waals surface area contributed by atoms with Crippen LogP contribution in [0.2, 0.25) is 0 Å². The maximum absolute atomic E-state index is 11.5. The number of rotatable bonds is 4. The van der Waals surface area contributed by atoms with Crippen molar-refractivity contribution in [2.75, 3.05) is 20.2 Å². The van der Waals surface area contributed by atoms with Crippen LogP contribution in [0, 0.1) is 0 Å². The maximum atomic E-state index is 11.5. The highest BCUT2D eigenvalue weighted by Gasteiger charge is 2.33. The summed E-state index contributed by atoms with van der Waals surface area (Å²) in [4.78, 5) is 13.6. The predicted molar refractivity (Wildman–Crippen MR) is 51.7 cm³/mol. The number of carbonyl (C=O) groups excluding carboxylic acids is 1. The van der Waals surface area contributed by atoms with Gasteiger partial charge in [-0.25, -0.2) is 0 Å². The van der Waals surface area contributed by atoms with Crippen molar-refractivity contribution in [3.8, 4) is 0 Å². The van der Waals surface area contributed by atoms with Gasteiger partial charge in [0.25, 0.3) is 0 Å². The van der Waals surface area contributed by atoms with E-state index in [9.17, 15) is 4.79 Å². The second kappa shape index (κ2) is 4.72. The Morgan fingerprint density at radius 3 is 2.77 bits per heavy atom. The SMILES string of the molecule is CCO[C@H]1C[C@@H](C(=O)CC)N(C)C1. The average Bonchev–Trinajstić information content (AvgIpc) is 2.46. The lowest BCUT2D eigenvalue weighted by atomic mass is 10.1. The van der Waals surface area contributed by atoms with Gasteiger partial charge in [0.1, 0.15) is 5.78 Å². The molecule has 13 heavy (non-hydrogen) atoms. The molecule has 0 bridgehead atoms. The van der Waals surface area contributed by atoms with E-state index in [0.29, 0.717) is 12.2 Å². The first-order valence-corrected chi connectivity index (χ1v) is 5.03. The van der Waals surface area contributed by atoms with Crippen molar-refractivity contribution in [3.05, 3.63) is 0 Å². The number of nitrogens with zero attached hydrogens (tertiary/aromatic N) is 1. The fourth-order valence-corrected chi connectivity index (χ4v) is 1.92. The smallest absolute Gasteiger partial charge is 0.149 e. The third-order valence-corrected chi connectivity index (χ3v) is 2.63. The number of likely N-dealkylation sites (N-methyl/N-ethyl adjacent to an activating group) is 1. The zero-order valence-electron chi connectivity index (χ0n) is 8.75. The van der Waals surface area contributed by atoms with Crippen LogP contribution in [0.4, 0.5) is 0 Å². The minimum Gasteiger partial charge on any atom is -0.377 e. The lowest BCUT2D eigenvalue weighted by molar-refractivity contribution is -0.122. The fourth-order valence-electron chi connectivity index (χ4n) is 1.92. The van der Waals surface area contributed by atoms with E-state index in [1.54, 1.807) is 0 Å². The molecule has 0 amide bonds. The van der Waals surface area contributed by atoms with Gasteiger partial charge < -0.3 is 4.74 Å². The van der Waals surface area contributed by atoms with Gasteiger partial charge in [0, 0.05) is 19.6 Å². The molecule has 76 valence electrons. The molecular formula is C10H19NO2. The third kappa shape index (κ3) is 2.51. The molecule has 1 aliphatic rings. The molecule has 0 aliphatic carbocycles. The summed E-state index contributed by atoms with van der Waals surface area (Å²) in [6, 6.07) is 0.0987. The van der Waals surface area contributed by atoms with Crippen molar-refractivity contribution in [1.29, 1.82) is 0 Å². The van der Waals surface area contributed by atoms with E-state index in [1.807, 2.05) is 20.9 Å². The summed E-state index contributed by atoms with van der Waals surface area (Å²) < 4.78 is 5.50. The molecule has 0 N–H and O–H groups in total. The Morgan fingerprint density at radius 1 is 1.54 bits per heavy atom. The Hall–Kier alpha value is -0.410. The van der Waals surface area contributed by atoms with Crippen LogP contribution in [0.1, 0.15) is 26.7 Å². The minimum absolute atomic E-state index is 0.0987. The van der Waals surface area contributed by atoms with E-state index in [4.69, 9.17) is 4.74 Å². The first-order chi connectivity index (χ1) is 6.19. The summed E-state index contributed by atoms with van der Waals surface area (Å²) in [7, 11) is 2.00. The van der Waals surface area contributed by atoms with Gasteiger partial charge in [-0.1, -0.05) is 6.92 Å². The van der Waals surface area contributed by atoms with E-state index in [2.05, 4.69) is 4.90 Å². The molecule has 1 heterocycles. The molecule has 3 heteroatoms. The summed E-state index contributed by atoms with van der Waals surface area (Å²) in [5.74, 6) is 0.338. The second-order valence-corrected chi connectivity index (χ2v) is 3.59. The Bertz CT molecular complexity index is 182. The molecule has 0 aromatic carbocycles. The molecule has 3 nitrogen and oxygen atoms in total. The zero-order valence-corrected chi connectivity index (χ0v) is 8.75. The van der Waals surface area contributed by atoms with Crippen LogP contribution in [0.15, 0.2) is 0 Å². The van der Waals surface area contributed by atoms with Gasteiger partial charge in [-0.2, -0.15) is 0 Å². The predicted octanol–water partition coefficient (Wildman–Crippen LogP) is 1.07. The number of likely N-dealkylation sites (tertiary alicyclic amines) is 1. The lowest BCUT2D eigenvalue weighted by Crippen LogP contribution is -2.32. The van der Waals surface area contributed by atoms with Crippen LogP contribution in [-0.4, -0.2) is 43.0 Å². The van der Waals surface area contributed by atoms with E-state index in [1.165, 1.54) is 0 Å². The average molecular weight is 185 g/mol. The molecule has 0 aromatic heterocycles. The molecule has 0 unspecified atom stereocenters. The normalized spacial score (nSPS) is 29.5. The lowest BCUT2D eigenvalue weighted by Gasteiger charge is -2.15. The Morgan fingerprint density at radius 2 is 2.23 bits per heavy atom. The van der Waals surface area contributed by atoms with Crippen molar-refractivity contribution in [2.45, 2.75) is 38.8 Å². The summed E-state index contributed by atoms with van der Waals surface area (Å²) >= 11 is 0. The van der Waals surface area contributed by atoms with Gasteiger partial charge in [-0.05, 0) is 20.4 Å². The quantitative estimate of drug-likeness (QED) is 0.656. The van der Waals surface area contributed by atoms with Crippen LogP contribution in [0.25, 0.3) is 0 Å². The van der Waals surface area contributed by atoms with Crippen molar-refractivity contribution < 1.29 is 9.53 Å². The second-order valence-electron chi connectivity index (χ2n) is 3.59. The van der Waals surface area contributed by atoms with Crippen molar-refractivity contribution in [2.24, 2.45) is 0 Å². The summed E-state index contributed by atoms with van der Waals surface area (Å²) in [6.07, 6.45) is 1.76. The summed E-state index contributed by atoms with van der Waals surface area (Å²) in [5, 5.41) is 0. The largest absolute Gasteiger partial charge is 0.377 e. The molecule has 0 saturated carbocycles. The molecule has 2 atom stereocenters. The first-order valence-electron chi connectivity index (χ1n) is 5.03. The number of hydrogen-bond acceptors (Lipinski definition) is 3. The minimum atomic E-state index is 0.0987. The summed E-state index contributed by atoms with van der Waals surface area (Å²) in [6.45, 7) is 5.55. The molecule has 1 fully saturated rings. The standard InChI is InChI=1S/C10H19NO2/c1-4-10(12)9-6-8(13-5-2)7-11(9)3/h8-9H,4-7H2,1-3H3/t8-,9-/m0/s1. The number of ether oxygens (including phenoxy) is 1. The first kappa shape index (κ1) is 10.7. The molecule has 1 saturated heterocycles. The van der Waals surface area contributed by atoms with Crippen LogP contribution < -0.4 is 0 Å². The number of Topliss-reactive ketones (excluding diaryl/α,β-unsaturated/α-hetero) is 1. The van der Waals surface area contributed by atoms with Gasteiger partial charge in [0.15, 0.2) is 0 Å². The number of ketones is 1. The van der Waals surface area contributed by atoms with Gasteiger partial charge in [0.2, 0.25) is 0 Å². The molecule has 0 radical (unpaired) electrons. The Labute approximate surface area is 80.1 Å². The van der Waals surface area contributed by atoms with Gasteiger partial charge in [-0.3, -0.25) is 9.69 Å². The van der Waals surface area contributed by atoms with Crippen LogP contribution in [0.5, 0.6) is 0 Å². The molecule has 1 rings (SSSR count). The van der Waals surface area contributed by atoms with E-state index in [-0.39, 0.29) is 12.1 Å². The Kier molecular flexibility index (Phi) is 3.88. The monoisotopic (exact) mass is 185 g/mol. The molecule has 0 aromatic rings. The van der Waals surface area contributed by atoms with Gasteiger partial charge in [0.05, 0.1) is 12.1 Å². The van der Waals surface area contributed by atoms with Crippen molar-refractivity contribution in [1.82, 2.24) is 4.90 Å². The highest BCUT2D eigenvalue weighted by atomic mass is 16.5. The van der Waals surface area contributed by atoms with Gasteiger partial charge in [-0.15, -0.1) is 0 Å². The highest BCUT2D eigenvalue weighted by Crippen LogP contribution is 2.19. The zero-order chi connectivity index (χ0) is 9.84.